The van der Waals surface area contributed by atoms with E-state index >= 15 is 0 Å². The summed E-state index contributed by atoms with van der Waals surface area (Å²) in [7, 11) is 0. The van der Waals surface area contributed by atoms with Crippen LogP contribution < -0.4 is 4.74 Å². The van der Waals surface area contributed by atoms with Gasteiger partial charge in [-0.25, -0.2) is 0 Å². The summed E-state index contributed by atoms with van der Waals surface area (Å²) in [5, 5.41) is 0.547. The van der Waals surface area contributed by atoms with Gasteiger partial charge in [0.2, 0.25) is 0 Å². The van der Waals surface area contributed by atoms with Gasteiger partial charge in [0.05, 0.1) is 0 Å². The second-order valence-electron chi connectivity index (χ2n) is 3.36. The number of hydrogen-bond acceptors (Lipinski definition) is 2. The van der Waals surface area contributed by atoms with Crippen molar-refractivity contribution in [2.24, 2.45) is 0 Å². The van der Waals surface area contributed by atoms with Crippen molar-refractivity contribution in [1.29, 1.82) is 0 Å². The highest BCUT2D eigenvalue weighted by Gasteiger charge is 2.06. The molecule has 0 aromatic heterocycles. The molecule has 0 N–H and O–H groups in total. The number of benzene rings is 1. The summed E-state index contributed by atoms with van der Waals surface area (Å²) >= 11 is 5.20. The molecular weight excluding hydrogens is 206 g/mol. The summed E-state index contributed by atoms with van der Waals surface area (Å²) in [5.74, 6) is 0.812. The fraction of sp³-hybridized carbons (Fsp3) is 0.417. The molecule has 0 heterocycles. The van der Waals surface area contributed by atoms with Crippen LogP contribution in [0.5, 0.6) is 5.75 Å². The maximum Gasteiger partial charge on any atom is 0.264 e. The molecule has 82 valence electrons. The van der Waals surface area contributed by atoms with E-state index in [2.05, 4.69) is 13.8 Å². The maximum atomic E-state index is 5.60. The second kappa shape index (κ2) is 5.71. The highest BCUT2D eigenvalue weighted by Crippen LogP contribution is 2.13. The Labute approximate surface area is 96.9 Å². The molecule has 1 rings (SSSR count). The van der Waals surface area contributed by atoms with Gasteiger partial charge in [-0.15, -0.1) is 0 Å². The quantitative estimate of drug-likeness (QED) is 0.731. The smallest absolute Gasteiger partial charge is 0.264 e. The first-order valence-corrected chi connectivity index (χ1v) is 5.61. The summed E-state index contributed by atoms with van der Waals surface area (Å²) in [6.07, 6.45) is 0. The van der Waals surface area contributed by atoms with E-state index in [1.807, 2.05) is 36.1 Å². The van der Waals surface area contributed by atoms with Gasteiger partial charge >= 0.3 is 0 Å². The van der Waals surface area contributed by atoms with E-state index in [0.717, 1.165) is 18.8 Å². The summed E-state index contributed by atoms with van der Waals surface area (Å²) in [4.78, 5) is 2.01. The molecule has 1 aromatic rings. The summed E-state index contributed by atoms with van der Waals surface area (Å²) < 4.78 is 5.60. The first kappa shape index (κ1) is 12.0. The Morgan fingerprint density at radius 3 is 2.53 bits per heavy atom. The lowest BCUT2D eigenvalue weighted by Gasteiger charge is -2.21. The van der Waals surface area contributed by atoms with Crippen LogP contribution in [0.4, 0.5) is 0 Å². The van der Waals surface area contributed by atoms with Gasteiger partial charge < -0.3 is 9.64 Å². The van der Waals surface area contributed by atoms with Crippen LogP contribution in [-0.4, -0.2) is 23.2 Å². The average Bonchev–Trinajstić information content (AvgIpc) is 2.19. The van der Waals surface area contributed by atoms with Gasteiger partial charge in [-0.05, 0) is 50.7 Å². The SMILES string of the molecule is CCN(CC)C(=S)Oc1cccc(C)c1. The fourth-order valence-electron chi connectivity index (χ4n) is 1.33. The minimum absolute atomic E-state index is 0.547. The van der Waals surface area contributed by atoms with E-state index < -0.39 is 0 Å². The molecule has 3 heteroatoms. The van der Waals surface area contributed by atoms with Crippen LogP contribution >= 0.6 is 12.2 Å². The lowest BCUT2D eigenvalue weighted by molar-refractivity contribution is 0.378. The Hall–Kier alpha value is -1.09. The zero-order valence-corrected chi connectivity index (χ0v) is 10.3. The van der Waals surface area contributed by atoms with Crippen LogP contribution in [0.2, 0.25) is 0 Å². The molecule has 0 atom stereocenters. The minimum Gasteiger partial charge on any atom is -0.432 e. The van der Waals surface area contributed by atoms with E-state index in [0.29, 0.717) is 5.17 Å². The van der Waals surface area contributed by atoms with E-state index in [9.17, 15) is 0 Å². The van der Waals surface area contributed by atoms with E-state index in [1.54, 1.807) is 0 Å². The third-order valence-electron chi connectivity index (χ3n) is 2.22. The van der Waals surface area contributed by atoms with Crippen molar-refractivity contribution < 1.29 is 4.74 Å². The summed E-state index contributed by atoms with van der Waals surface area (Å²) in [5.41, 5.74) is 1.18. The van der Waals surface area contributed by atoms with Crippen LogP contribution in [0.3, 0.4) is 0 Å². The van der Waals surface area contributed by atoms with Crippen molar-refractivity contribution in [2.75, 3.05) is 13.1 Å². The van der Waals surface area contributed by atoms with Gasteiger partial charge in [-0.1, -0.05) is 12.1 Å². The Morgan fingerprint density at radius 1 is 1.33 bits per heavy atom. The normalized spacial score (nSPS) is 9.80. The van der Waals surface area contributed by atoms with Gasteiger partial charge in [-0.2, -0.15) is 0 Å². The van der Waals surface area contributed by atoms with Gasteiger partial charge in [0, 0.05) is 13.1 Å². The molecule has 0 aliphatic carbocycles. The Morgan fingerprint density at radius 2 is 2.00 bits per heavy atom. The van der Waals surface area contributed by atoms with E-state index in [4.69, 9.17) is 17.0 Å². The molecule has 0 saturated heterocycles. The van der Waals surface area contributed by atoms with Crippen molar-refractivity contribution in [3.63, 3.8) is 0 Å². The Kier molecular flexibility index (Phi) is 4.56. The van der Waals surface area contributed by atoms with Gasteiger partial charge in [0.1, 0.15) is 5.75 Å². The molecule has 0 saturated carbocycles. The zero-order chi connectivity index (χ0) is 11.3. The van der Waals surface area contributed by atoms with E-state index in [1.165, 1.54) is 5.56 Å². The van der Waals surface area contributed by atoms with Gasteiger partial charge in [0.15, 0.2) is 0 Å². The number of rotatable bonds is 3. The fourth-order valence-corrected chi connectivity index (χ4v) is 1.68. The molecule has 0 spiro atoms. The second-order valence-corrected chi connectivity index (χ2v) is 3.71. The number of ether oxygens (including phenoxy) is 1. The van der Waals surface area contributed by atoms with Crippen molar-refractivity contribution in [2.45, 2.75) is 20.8 Å². The molecule has 0 radical (unpaired) electrons. The van der Waals surface area contributed by atoms with Crippen LogP contribution in [0.1, 0.15) is 19.4 Å². The van der Waals surface area contributed by atoms with Crippen molar-refractivity contribution >= 4 is 17.4 Å². The summed E-state index contributed by atoms with van der Waals surface area (Å²) in [6, 6.07) is 7.90. The minimum atomic E-state index is 0.547. The number of aryl methyl sites for hydroxylation is 1. The third-order valence-corrected chi connectivity index (χ3v) is 2.56. The van der Waals surface area contributed by atoms with Crippen LogP contribution in [0.25, 0.3) is 0 Å². The molecule has 0 amide bonds. The molecule has 1 aromatic carbocycles. The molecular formula is C12H17NOS. The first-order chi connectivity index (χ1) is 7.17. The topological polar surface area (TPSA) is 12.5 Å². The molecule has 0 aliphatic rings. The standard InChI is InChI=1S/C12H17NOS/c1-4-13(5-2)12(15)14-11-8-6-7-10(3)9-11/h6-9H,4-5H2,1-3H3. The third kappa shape index (κ3) is 3.51. The molecule has 0 unspecified atom stereocenters. The average molecular weight is 223 g/mol. The number of hydrogen-bond donors (Lipinski definition) is 0. The maximum absolute atomic E-state index is 5.60. The zero-order valence-electron chi connectivity index (χ0n) is 9.49. The van der Waals surface area contributed by atoms with Gasteiger partial charge in [-0.3, -0.25) is 0 Å². The van der Waals surface area contributed by atoms with Gasteiger partial charge in [0.25, 0.3) is 5.17 Å². The number of thiocarbonyl (C=S) groups is 1. The van der Waals surface area contributed by atoms with Crippen LogP contribution in [0.15, 0.2) is 24.3 Å². The lowest BCUT2D eigenvalue weighted by atomic mass is 10.2. The monoisotopic (exact) mass is 223 g/mol. The highest BCUT2D eigenvalue weighted by molar-refractivity contribution is 7.80. The van der Waals surface area contributed by atoms with Crippen LogP contribution in [0, 0.1) is 6.92 Å². The Bertz CT molecular complexity index is 334. The number of nitrogens with zero attached hydrogens (tertiary/aromatic N) is 1. The summed E-state index contributed by atoms with van der Waals surface area (Å²) in [6.45, 7) is 7.92. The molecule has 2 nitrogen and oxygen atoms in total. The van der Waals surface area contributed by atoms with E-state index in [-0.39, 0.29) is 0 Å². The van der Waals surface area contributed by atoms with Crippen molar-refractivity contribution in [3.8, 4) is 5.75 Å². The largest absolute Gasteiger partial charge is 0.432 e. The predicted octanol–water partition coefficient (Wildman–Crippen LogP) is 3.00. The van der Waals surface area contributed by atoms with Crippen LogP contribution in [-0.2, 0) is 0 Å². The Balaban J connectivity index is 2.65. The molecule has 15 heavy (non-hydrogen) atoms. The molecule has 0 bridgehead atoms. The molecule has 0 fully saturated rings. The predicted molar refractivity (Wildman–Crippen MR) is 67.3 cm³/mol. The first-order valence-electron chi connectivity index (χ1n) is 5.20. The molecule has 0 aliphatic heterocycles. The van der Waals surface area contributed by atoms with Crippen molar-refractivity contribution in [1.82, 2.24) is 4.90 Å². The van der Waals surface area contributed by atoms with Crippen molar-refractivity contribution in [3.05, 3.63) is 29.8 Å². The lowest BCUT2D eigenvalue weighted by Crippen LogP contribution is -2.32. The highest BCUT2D eigenvalue weighted by atomic mass is 32.1.